The van der Waals surface area contributed by atoms with Gasteiger partial charge in [0, 0.05) is 37.4 Å². The van der Waals surface area contributed by atoms with Crippen LogP contribution < -0.4 is 28.5 Å². The maximum atomic E-state index is 15.2. The Labute approximate surface area is 186 Å². The summed E-state index contributed by atoms with van der Waals surface area (Å²) in [6.07, 6.45) is 1.18. The molecule has 0 amide bonds. The van der Waals surface area contributed by atoms with Crippen LogP contribution in [-0.4, -0.2) is 46.4 Å². The minimum Gasteiger partial charge on any atom is -1.00 e. The average Bonchev–Trinajstić information content (AvgIpc) is 3.56. The molecule has 3 fully saturated rings. The number of quaternary nitrogens is 1. The Morgan fingerprint density at radius 1 is 1.31 bits per heavy atom. The van der Waals surface area contributed by atoms with Gasteiger partial charge in [0.25, 0.3) is 5.92 Å². The van der Waals surface area contributed by atoms with Gasteiger partial charge in [0.2, 0.25) is 5.43 Å². The van der Waals surface area contributed by atoms with E-state index in [1.807, 2.05) is 0 Å². The second kappa shape index (κ2) is 7.08. The number of carboxylic acids is 1. The standard InChI is InChI=1S/C21H21F4N3O3.ClH/c1-9-16-10(18(29)11(19(30)31)6-28(16)14-5-12(14)22)4-13(23)17(9)27-7-15(20(26)2-3-20)21(24,25)8-27;/h4,6,12,14-15H,2-3,5,7-8,26H2,1H3,(H,30,31);1H/t12-,14+,15+;/m0./s1. The Morgan fingerprint density at radius 2 is 1.94 bits per heavy atom. The van der Waals surface area contributed by atoms with Gasteiger partial charge >= 0.3 is 5.97 Å². The molecule has 3 aliphatic rings. The van der Waals surface area contributed by atoms with Gasteiger partial charge in [-0.1, -0.05) is 0 Å². The second-order valence-corrected chi connectivity index (χ2v) is 9.19. The van der Waals surface area contributed by atoms with E-state index < -0.39 is 58.9 Å². The molecule has 4 N–H and O–H groups in total. The van der Waals surface area contributed by atoms with Gasteiger partial charge in [-0.15, -0.1) is 0 Å². The number of rotatable bonds is 4. The molecule has 0 unspecified atom stereocenters. The molecule has 2 saturated carbocycles. The van der Waals surface area contributed by atoms with E-state index in [-0.39, 0.29) is 47.5 Å². The third-order valence-corrected chi connectivity index (χ3v) is 7.01. The number of hydrogen-bond donors (Lipinski definition) is 2. The number of aromatic nitrogens is 1. The minimum atomic E-state index is -3.04. The van der Waals surface area contributed by atoms with Crippen molar-refractivity contribution in [2.24, 2.45) is 5.92 Å². The number of alkyl halides is 3. The number of pyridine rings is 1. The number of hydrogen-bond acceptors (Lipinski definition) is 3. The van der Waals surface area contributed by atoms with Crippen LogP contribution in [0.4, 0.5) is 23.2 Å². The summed E-state index contributed by atoms with van der Waals surface area (Å²) < 4.78 is 59.9. The molecule has 1 aromatic carbocycles. The average molecular weight is 476 g/mol. The predicted molar refractivity (Wildman–Crippen MR) is 104 cm³/mol. The van der Waals surface area contributed by atoms with E-state index >= 15 is 4.39 Å². The van der Waals surface area contributed by atoms with Crippen molar-refractivity contribution >= 4 is 22.6 Å². The van der Waals surface area contributed by atoms with Gasteiger partial charge in [-0.25, -0.2) is 22.4 Å². The molecule has 5 rings (SSSR count). The minimum absolute atomic E-state index is 0. The summed E-state index contributed by atoms with van der Waals surface area (Å²) in [4.78, 5) is 25.5. The third kappa shape index (κ3) is 3.26. The zero-order valence-electron chi connectivity index (χ0n) is 17.2. The van der Waals surface area contributed by atoms with Gasteiger partial charge in [-0.3, -0.25) is 4.79 Å². The highest BCUT2D eigenvalue weighted by Gasteiger charge is 2.64. The fraction of sp³-hybridized carbons (Fsp3) is 0.524. The van der Waals surface area contributed by atoms with Crippen molar-refractivity contribution in [2.45, 2.75) is 49.9 Å². The first-order chi connectivity index (χ1) is 14.4. The topological polar surface area (TPSA) is 90.2 Å². The fourth-order valence-electron chi connectivity index (χ4n) is 5.02. The molecule has 0 radical (unpaired) electrons. The zero-order valence-corrected chi connectivity index (χ0v) is 17.9. The molecule has 174 valence electrons. The molecule has 2 heterocycles. The maximum absolute atomic E-state index is 15.2. The lowest BCUT2D eigenvalue weighted by atomic mass is 9.94. The van der Waals surface area contributed by atoms with Crippen LogP contribution in [-0.2, 0) is 0 Å². The number of benzene rings is 1. The lowest BCUT2D eigenvalue weighted by molar-refractivity contribution is -0.459. The lowest BCUT2D eigenvalue weighted by Gasteiger charge is -2.24. The summed E-state index contributed by atoms with van der Waals surface area (Å²) in [5.41, 5.74) is 2.08. The van der Waals surface area contributed by atoms with Crippen LogP contribution in [0.15, 0.2) is 17.1 Å². The van der Waals surface area contributed by atoms with E-state index in [9.17, 15) is 27.9 Å². The molecule has 2 aliphatic carbocycles. The van der Waals surface area contributed by atoms with Crippen LogP contribution in [0.25, 0.3) is 10.9 Å². The summed E-state index contributed by atoms with van der Waals surface area (Å²) in [7, 11) is 0. The zero-order chi connectivity index (χ0) is 22.5. The van der Waals surface area contributed by atoms with Crippen molar-refractivity contribution in [2.75, 3.05) is 18.0 Å². The van der Waals surface area contributed by atoms with Crippen LogP contribution in [0.5, 0.6) is 0 Å². The number of carboxylic acid groups (broad SMARTS) is 1. The second-order valence-electron chi connectivity index (χ2n) is 9.19. The van der Waals surface area contributed by atoms with E-state index in [0.29, 0.717) is 12.8 Å². The highest BCUT2D eigenvalue weighted by Crippen LogP contribution is 2.50. The molecular formula is C21H22ClF4N3O3. The van der Waals surface area contributed by atoms with Crippen molar-refractivity contribution in [1.82, 2.24) is 4.57 Å². The summed E-state index contributed by atoms with van der Waals surface area (Å²) in [6.45, 7) is 0.743. The van der Waals surface area contributed by atoms with E-state index in [2.05, 4.69) is 5.73 Å². The van der Waals surface area contributed by atoms with E-state index in [1.165, 1.54) is 16.4 Å². The van der Waals surface area contributed by atoms with Gasteiger partial charge in [0.1, 0.15) is 23.1 Å². The van der Waals surface area contributed by atoms with Crippen LogP contribution in [0.2, 0.25) is 0 Å². The Balaban J connectivity index is 0.00000245. The molecule has 1 aliphatic heterocycles. The molecule has 1 aromatic heterocycles. The number of fused-ring (bicyclic) bond motifs is 1. The van der Waals surface area contributed by atoms with Crippen molar-refractivity contribution in [1.29, 1.82) is 0 Å². The van der Waals surface area contributed by atoms with Crippen molar-refractivity contribution < 1.29 is 45.6 Å². The number of halogens is 5. The molecule has 1 saturated heterocycles. The van der Waals surface area contributed by atoms with Gasteiger partial charge < -0.3 is 32.7 Å². The Hall–Kier alpha value is -2.33. The van der Waals surface area contributed by atoms with Gasteiger partial charge in [0.05, 0.1) is 29.7 Å². The van der Waals surface area contributed by atoms with Gasteiger partial charge in [-0.05, 0) is 18.6 Å². The first kappa shape index (κ1) is 22.8. The smallest absolute Gasteiger partial charge is 0.341 e. The largest absolute Gasteiger partial charge is 1.00 e. The van der Waals surface area contributed by atoms with E-state index in [0.717, 1.165) is 12.3 Å². The third-order valence-electron chi connectivity index (χ3n) is 7.01. The molecule has 11 heteroatoms. The summed E-state index contributed by atoms with van der Waals surface area (Å²) in [5, 5.41) is 9.16. The van der Waals surface area contributed by atoms with Crippen LogP contribution in [0.3, 0.4) is 0 Å². The first-order valence-corrected chi connectivity index (χ1v) is 10.2. The first-order valence-electron chi connectivity index (χ1n) is 10.2. The number of aromatic carboxylic acids is 1. The van der Waals surface area contributed by atoms with E-state index in [1.54, 1.807) is 0 Å². The molecular weight excluding hydrogens is 454 g/mol. The molecule has 3 atom stereocenters. The van der Waals surface area contributed by atoms with Gasteiger partial charge in [0.15, 0.2) is 0 Å². The molecule has 2 aromatic rings. The summed E-state index contributed by atoms with van der Waals surface area (Å²) in [6, 6.07) is 0.210. The van der Waals surface area contributed by atoms with Crippen LogP contribution >= 0.6 is 0 Å². The Bertz CT molecular complexity index is 1200. The lowest BCUT2D eigenvalue weighted by Crippen LogP contribution is -3.00. The molecule has 6 nitrogen and oxygen atoms in total. The fourth-order valence-corrected chi connectivity index (χ4v) is 5.02. The predicted octanol–water partition coefficient (Wildman–Crippen LogP) is -0.720. The number of anilines is 1. The highest BCUT2D eigenvalue weighted by molar-refractivity contribution is 5.95. The van der Waals surface area contributed by atoms with Crippen molar-refractivity contribution in [3.63, 3.8) is 0 Å². The summed E-state index contributed by atoms with van der Waals surface area (Å²) in [5.74, 6) is -6.43. The van der Waals surface area contributed by atoms with Crippen molar-refractivity contribution in [3.8, 4) is 0 Å². The monoisotopic (exact) mass is 475 g/mol. The SMILES string of the molecule is Cc1c(N2C[C@H](C3([NH3+])CC3)C(F)(F)C2)c(F)cc2c(=O)c(C(=O)O)cn([C@@H]3C[C@@H]3F)c12.[Cl-]. The van der Waals surface area contributed by atoms with Gasteiger partial charge in [-0.2, -0.15) is 0 Å². The van der Waals surface area contributed by atoms with Crippen LogP contribution in [0.1, 0.15) is 41.2 Å². The molecule has 0 spiro atoms. The molecule has 0 bridgehead atoms. The number of carbonyl (C=O) groups is 1. The molecule has 32 heavy (non-hydrogen) atoms. The summed E-state index contributed by atoms with van der Waals surface area (Å²) >= 11 is 0. The Kier molecular flexibility index (Phi) is 5.06. The maximum Gasteiger partial charge on any atom is 0.341 e. The number of aryl methyl sites for hydroxylation is 1. The van der Waals surface area contributed by atoms with Crippen molar-refractivity contribution in [3.05, 3.63) is 39.4 Å². The Morgan fingerprint density at radius 3 is 2.47 bits per heavy atom. The normalized spacial score (nSPS) is 27.3. The van der Waals surface area contributed by atoms with E-state index in [4.69, 9.17) is 0 Å². The quantitative estimate of drug-likeness (QED) is 0.571. The van der Waals surface area contributed by atoms with Crippen LogP contribution in [0, 0.1) is 18.7 Å². The highest BCUT2D eigenvalue weighted by atomic mass is 35.5. The number of nitrogens with zero attached hydrogens (tertiary/aromatic N) is 2.